The maximum atomic E-state index is 12.7. The lowest BCUT2D eigenvalue weighted by atomic mass is 9.91. The molecule has 1 fully saturated rings. The summed E-state index contributed by atoms with van der Waals surface area (Å²) in [5.41, 5.74) is 7.52. The standard InChI is InChI=1S/C16H24N2OS/c1-2-13-12-6-10-20-14(12)5-9-18(13)15(19)11-16(17)7-3-4-8-16/h6,10,13H,2-5,7-9,11,17H2,1H3. The summed E-state index contributed by atoms with van der Waals surface area (Å²) in [6, 6.07) is 2.46. The molecule has 0 aromatic carbocycles. The highest BCUT2D eigenvalue weighted by molar-refractivity contribution is 7.10. The van der Waals surface area contributed by atoms with Crippen LogP contribution in [0.3, 0.4) is 0 Å². The van der Waals surface area contributed by atoms with Crippen LogP contribution in [0.1, 0.15) is 61.9 Å². The van der Waals surface area contributed by atoms with Gasteiger partial charge in [-0.15, -0.1) is 11.3 Å². The van der Waals surface area contributed by atoms with Gasteiger partial charge in [0, 0.05) is 23.4 Å². The van der Waals surface area contributed by atoms with E-state index < -0.39 is 0 Å². The van der Waals surface area contributed by atoms with Gasteiger partial charge in [-0.1, -0.05) is 19.8 Å². The van der Waals surface area contributed by atoms with Crippen LogP contribution >= 0.6 is 11.3 Å². The zero-order valence-corrected chi connectivity index (χ0v) is 13.0. The first-order valence-corrected chi connectivity index (χ1v) is 8.65. The van der Waals surface area contributed by atoms with Crippen LogP contribution in [0, 0.1) is 0 Å². The molecule has 3 nitrogen and oxygen atoms in total. The van der Waals surface area contributed by atoms with Crippen molar-refractivity contribution in [3.8, 4) is 0 Å². The minimum Gasteiger partial charge on any atom is -0.335 e. The number of fused-ring (bicyclic) bond motifs is 1. The van der Waals surface area contributed by atoms with Gasteiger partial charge in [0.1, 0.15) is 0 Å². The molecule has 0 saturated heterocycles. The number of nitrogens with two attached hydrogens (primary N) is 1. The molecule has 4 heteroatoms. The highest BCUT2D eigenvalue weighted by Gasteiger charge is 2.36. The van der Waals surface area contributed by atoms with E-state index in [2.05, 4.69) is 23.3 Å². The average Bonchev–Trinajstić information content (AvgIpc) is 3.05. The molecule has 1 aliphatic heterocycles. The van der Waals surface area contributed by atoms with Gasteiger partial charge < -0.3 is 10.6 Å². The number of carbonyl (C=O) groups excluding carboxylic acids is 1. The van der Waals surface area contributed by atoms with Crippen molar-refractivity contribution in [2.45, 2.75) is 63.5 Å². The summed E-state index contributed by atoms with van der Waals surface area (Å²) in [6.45, 7) is 3.03. The molecule has 110 valence electrons. The Kier molecular flexibility index (Phi) is 3.87. The van der Waals surface area contributed by atoms with Crippen LogP contribution in [0.4, 0.5) is 0 Å². The van der Waals surface area contributed by atoms with Gasteiger partial charge in [-0.05, 0) is 42.7 Å². The van der Waals surface area contributed by atoms with Crippen LogP contribution in [-0.2, 0) is 11.2 Å². The van der Waals surface area contributed by atoms with Crippen molar-refractivity contribution in [1.82, 2.24) is 4.90 Å². The lowest BCUT2D eigenvalue weighted by Gasteiger charge is -2.37. The monoisotopic (exact) mass is 292 g/mol. The Morgan fingerprint density at radius 2 is 2.25 bits per heavy atom. The van der Waals surface area contributed by atoms with Gasteiger partial charge in [-0.2, -0.15) is 0 Å². The van der Waals surface area contributed by atoms with E-state index in [4.69, 9.17) is 5.73 Å². The SMILES string of the molecule is CCC1c2ccsc2CCN1C(=O)CC1(N)CCCC1. The van der Waals surface area contributed by atoms with Gasteiger partial charge in [0.25, 0.3) is 0 Å². The Labute approximate surface area is 125 Å². The van der Waals surface area contributed by atoms with E-state index in [9.17, 15) is 4.79 Å². The topological polar surface area (TPSA) is 46.3 Å². The van der Waals surface area contributed by atoms with Gasteiger partial charge in [0.05, 0.1) is 6.04 Å². The van der Waals surface area contributed by atoms with E-state index in [0.29, 0.717) is 6.42 Å². The molecule has 3 rings (SSSR count). The van der Waals surface area contributed by atoms with E-state index >= 15 is 0 Å². The van der Waals surface area contributed by atoms with Crippen LogP contribution in [-0.4, -0.2) is 22.9 Å². The molecule has 2 heterocycles. The number of nitrogens with zero attached hydrogens (tertiary/aromatic N) is 1. The van der Waals surface area contributed by atoms with E-state index in [1.165, 1.54) is 23.3 Å². The predicted octanol–water partition coefficient (Wildman–Crippen LogP) is 3.25. The molecule has 1 aromatic rings. The number of carbonyl (C=O) groups is 1. The fourth-order valence-corrected chi connectivity index (χ4v) is 4.72. The third-order valence-electron chi connectivity index (χ3n) is 4.90. The summed E-state index contributed by atoms with van der Waals surface area (Å²) in [5.74, 6) is 0.262. The quantitative estimate of drug-likeness (QED) is 0.929. The number of hydrogen-bond acceptors (Lipinski definition) is 3. The van der Waals surface area contributed by atoms with Gasteiger partial charge >= 0.3 is 0 Å². The Morgan fingerprint density at radius 3 is 2.95 bits per heavy atom. The molecule has 1 unspecified atom stereocenters. The predicted molar refractivity (Wildman–Crippen MR) is 82.8 cm³/mol. The molecule has 2 N–H and O–H groups in total. The molecular weight excluding hydrogens is 268 g/mol. The number of amides is 1. The Morgan fingerprint density at radius 1 is 1.50 bits per heavy atom. The molecule has 20 heavy (non-hydrogen) atoms. The van der Waals surface area contributed by atoms with Crippen molar-refractivity contribution < 1.29 is 4.79 Å². The minimum absolute atomic E-state index is 0.232. The largest absolute Gasteiger partial charge is 0.335 e. The Balaban J connectivity index is 1.75. The second kappa shape index (κ2) is 5.49. The van der Waals surface area contributed by atoms with Crippen molar-refractivity contribution >= 4 is 17.2 Å². The number of rotatable bonds is 3. The molecule has 1 amide bonds. The van der Waals surface area contributed by atoms with Gasteiger partial charge in [0.2, 0.25) is 5.91 Å². The molecule has 1 aliphatic carbocycles. The molecule has 0 radical (unpaired) electrons. The van der Waals surface area contributed by atoms with Crippen molar-refractivity contribution in [2.24, 2.45) is 5.73 Å². The lowest BCUT2D eigenvalue weighted by molar-refractivity contribution is -0.135. The first kappa shape index (κ1) is 14.1. The summed E-state index contributed by atoms with van der Waals surface area (Å²) < 4.78 is 0. The van der Waals surface area contributed by atoms with Crippen LogP contribution in [0.5, 0.6) is 0 Å². The zero-order valence-electron chi connectivity index (χ0n) is 12.2. The van der Waals surface area contributed by atoms with Crippen molar-refractivity contribution in [1.29, 1.82) is 0 Å². The molecular formula is C16H24N2OS. The average molecular weight is 292 g/mol. The van der Waals surface area contributed by atoms with E-state index in [0.717, 1.165) is 32.2 Å². The molecule has 2 aliphatic rings. The molecule has 0 spiro atoms. The number of thiophene rings is 1. The minimum atomic E-state index is -0.232. The summed E-state index contributed by atoms with van der Waals surface area (Å²) >= 11 is 1.83. The zero-order chi connectivity index (χ0) is 14.2. The van der Waals surface area contributed by atoms with Gasteiger partial charge in [-0.3, -0.25) is 4.79 Å². The smallest absolute Gasteiger partial charge is 0.224 e. The second-order valence-corrected chi connectivity index (χ2v) is 7.31. The highest BCUT2D eigenvalue weighted by atomic mass is 32.1. The van der Waals surface area contributed by atoms with E-state index in [1.54, 1.807) is 0 Å². The highest BCUT2D eigenvalue weighted by Crippen LogP contribution is 2.37. The van der Waals surface area contributed by atoms with Crippen molar-refractivity contribution in [3.63, 3.8) is 0 Å². The molecule has 1 atom stereocenters. The van der Waals surface area contributed by atoms with Crippen LogP contribution in [0.2, 0.25) is 0 Å². The van der Waals surface area contributed by atoms with Gasteiger partial charge in [0.15, 0.2) is 0 Å². The third-order valence-corrected chi connectivity index (χ3v) is 5.90. The Bertz CT molecular complexity index is 490. The molecule has 1 aromatic heterocycles. The summed E-state index contributed by atoms with van der Waals surface area (Å²) in [7, 11) is 0. The second-order valence-electron chi connectivity index (χ2n) is 6.31. The maximum Gasteiger partial charge on any atom is 0.224 e. The summed E-state index contributed by atoms with van der Waals surface area (Å²) in [6.07, 6.45) is 6.90. The summed E-state index contributed by atoms with van der Waals surface area (Å²) in [5, 5.41) is 2.16. The van der Waals surface area contributed by atoms with Crippen LogP contribution in [0.15, 0.2) is 11.4 Å². The molecule has 0 bridgehead atoms. The van der Waals surface area contributed by atoms with E-state index in [-0.39, 0.29) is 17.5 Å². The third kappa shape index (κ3) is 2.51. The maximum absolute atomic E-state index is 12.7. The fraction of sp³-hybridized carbons (Fsp3) is 0.688. The van der Waals surface area contributed by atoms with Crippen molar-refractivity contribution in [2.75, 3.05) is 6.54 Å². The Hall–Kier alpha value is -0.870. The van der Waals surface area contributed by atoms with Crippen molar-refractivity contribution in [3.05, 3.63) is 21.9 Å². The first-order valence-electron chi connectivity index (χ1n) is 7.77. The number of hydrogen-bond donors (Lipinski definition) is 1. The lowest BCUT2D eigenvalue weighted by Crippen LogP contribution is -2.46. The first-order chi connectivity index (χ1) is 9.63. The summed E-state index contributed by atoms with van der Waals surface area (Å²) in [4.78, 5) is 16.3. The van der Waals surface area contributed by atoms with Crippen LogP contribution < -0.4 is 5.73 Å². The fourth-order valence-electron chi connectivity index (χ4n) is 3.79. The van der Waals surface area contributed by atoms with Gasteiger partial charge in [-0.25, -0.2) is 0 Å². The normalized spacial score (nSPS) is 24.7. The van der Waals surface area contributed by atoms with Crippen LogP contribution in [0.25, 0.3) is 0 Å². The van der Waals surface area contributed by atoms with E-state index in [1.807, 2.05) is 11.3 Å². The molecule has 1 saturated carbocycles.